The van der Waals surface area contributed by atoms with Crippen molar-refractivity contribution < 1.29 is 5.11 Å². The van der Waals surface area contributed by atoms with E-state index in [1.807, 2.05) is 30.1 Å². The molecule has 2 heteroatoms. The highest BCUT2D eigenvalue weighted by molar-refractivity contribution is 5.14. The quantitative estimate of drug-likeness (QED) is 0.676. The number of nitrogens with zero attached hydrogens (tertiary/aromatic N) is 1. The predicted molar refractivity (Wildman–Crippen MR) is 49.9 cm³/mol. The first kappa shape index (κ1) is 9.23. The molecule has 12 heavy (non-hydrogen) atoms. The van der Waals surface area contributed by atoms with E-state index in [1.165, 1.54) is 5.56 Å². The van der Waals surface area contributed by atoms with Crippen molar-refractivity contribution in [3.63, 3.8) is 0 Å². The van der Waals surface area contributed by atoms with E-state index in [-0.39, 0.29) is 6.73 Å². The van der Waals surface area contributed by atoms with Crippen molar-refractivity contribution in [2.75, 3.05) is 20.3 Å². The van der Waals surface area contributed by atoms with E-state index in [0.29, 0.717) is 0 Å². The smallest absolute Gasteiger partial charge is 0.0954 e. The molecule has 0 heterocycles. The lowest BCUT2D eigenvalue weighted by Crippen LogP contribution is -2.21. The van der Waals surface area contributed by atoms with Gasteiger partial charge in [0.25, 0.3) is 0 Å². The van der Waals surface area contributed by atoms with Crippen LogP contribution in [0.1, 0.15) is 5.56 Å². The van der Waals surface area contributed by atoms with Crippen LogP contribution in [0.4, 0.5) is 0 Å². The standard InChI is InChI=1S/C10H15NO/c1-11(9-12)8-7-10-5-3-2-4-6-10/h2-6,12H,7-9H2,1H3. The summed E-state index contributed by atoms with van der Waals surface area (Å²) in [5.41, 5.74) is 1.32. The maximum Gasteiger partial charge on any atom is 0.0954 e. The van der Waals surface area contributed by atoms with Crippen LogP contribution in [0.2, 0.25) is 0 Å². The average Bonchev–Trinajstić information content (AvgIpc) is 2.16. The van der Waals surface area contributed by atoms with Crippen LogP contribution in [0.3, 0.4) is 0 Å². The van der Waals surface area contributed by atoms with Gasteiger partial charge >= 0.3 is 0 Å². The second-order valence-electron chi connectivity index (χ2n) is 2.96. The van der Waals surface area contributed by atoms with E-state index < -0.39 is 0 Å². The Morgan fingerprint density at radius 3 is 2.50 bits per heavy atom. The third kappa shape index (κ3) is 3.03. The summed E-state index contributed by atoms with van der Waals surface area (Å²) in [5.74, 6) is 0. The van der Waals surface area contributed by atoms with Gasteiger partial charge in [-0.05, 0) is 19.0 Å². The molecule has 0 saturated heterocycles. The molecule has 2 nitrogen and oxygen atoms in total. The Labute approximate surface area is 73.4 Å². The minimum Gasteiger partial charge on any atom is -0.381 e. The number of hydrogen-bond acceptors (Lipinski definition) is 2. The predicted octanol–water partition coefficient (Wildman–Crippen LogP) is 1.11. The Morgan fingerprint density at radius 2 is 1.92 bits per heavy atom. The van der Waals surface area contributed by atoms with Gasteiger partial charge in [0.2, 0.25) is 0 Å². The third-order valence-electron chi connectivity index (χ3n) is 1.87. The zero-order valence-electron chi connectivity index (χ0n) is 7.40. The summed E-state index contributed by atoms with van der Waals surface area (Å²) in [7, 11) is 1.91. The van der Waals surface area contributed by atoms with Gasteiger partial charge in [0, 0.05) is 6.54 Å². The summed E-state index contributed by atoms with van der Waals surface area (Å²) in [4.78, 5) is 1.88. The van der Waals surface area contributed by atoms with Crippen molar-refractivity contribution >= 4 is 0 Å². The van der Waals surface area contributed by atoms with Crippen molar-refractivity contribution in [1.82, 2.24) is 4.90 Å². The third-order valence-corrected chi connectivity index (χ3v) is 1.87. The molecule has 66 valence electrons. The van der Waals surface area contributed by atoms with Gasteiger partial charge < -0.3 is 5.11 Å². The minimum absolute atomic E-state index is 0.132. The molecule has 0 spiro atoms. The highest BCUT2D eigenvalue weighted by atomic mass is 16.3. The van der Waals surface area contributed by atoms with Crippen molar-refractivity contribution in [1.29, 1.82) is 0 Å². The Morgan fingerprint density at radius 1 is 1.25 bits per heavy atom. The van der Waals surface area contributed by atoms with Crippen molar-refractivity contribution in [3.8, 4) is 0 Å². The van der Waals surface area contributed by atoms with Crippen LogP contribution >= 0.6 is 0 Å². The van der Waals surface area contributed by atoms with E-state index >= 15 is 0 Å². The van der Waals surface area contributed by atoms with Gasteiger partial charge in [0.1, 0.15) is 0 Å². The topological polar surface area (TPSA) is 23.5 Å². The monoisotopic (exact) mass is 165 g/mol. The molecule has 0 aliphatic heterocycles. The molecule has 0 unspecified atom stereocenters. The Balaban J connectivity index is 2.33. The van der Waals surface area contributed by atoms with E-state index in [4.69, 9.17) is 5.11 Å². The second kappa shape index (κ2) is 4.91. The first-order chi connectivity index (χ1) is 5.83. The summed E-state index contributed by atoms with van der Waals surface area (Å²) in [5, 5.41) is 8.74. The fourth-order valence-corrected chi connectivity index (χ4v) is 1.04. The maximum absolute atomic E-state index is 8.74. The Hall–Kier alpha value is -0.860. The molecule has 1 N–H and O–H groups in total. The normalized spacial score (nSPS) is 10.6. The lowest BCUT2D eigenvalue weighted by molar-refractivity contribution is 0.134. The number of likely N-dealkylation sites (N-methyl/N-ethyl adjacent to an activating group) is 1. The number of aliphatic hydroxyl groups is 1. The van der Waals surface area contributed by atoms with Gasteiger partial charge in [-0.1, -0.05) is 30.3 Å². The molecular formula is C10H15NO. The van der Waals surface area contributed by atoms with Crippen molar-refractivity contribution in [2.24, 2.45) is 0 Å². The van der Waals surface area contributed by atoms with Crippen LogP contribution < -0.4 is 0 Å². The van der Waals surface area contributed by atoms with Gasteiger partial charge in [-0.15, -0.1) is 0 Å². The molecule has 0 fully saturated rings. The summed E-state index contributed by atoms with van der Waals surface area (Å²) in [6, 6.07) is 10.3. The van der Waals surface area contributed by atoms with Gasteiger partial charge in [-0.25, -0.2) is 0 Å². The molecule has 1 aromatic carbocycles. The van der Waals surface area contributed by atoms with Crippen LogP contribution in [0.15, 0.2) is 30.3 Å². The maximum atomic E-state index is 8.74. The lowest BCUT2D eigenvalue weighted by Gasteiger charge is -2.11. The SMILES string of the molecule is CN(CO)CCc1ccccc1. The van der Waals surface area contributed by atoms with Crippen molar-refractivity contribution in [2.45, 2.75) is 6.42 Å². The number of hydrogen-bond donors (Lipinski definition) is 1. The van der Waals surface area contributed by atoms with Gasteiger partial charge in [0.15, 0.2) is 0 Å². The summed E-state index contributed by atoms with van der Waals surface area (Å²) < 4.78 is 0. The van der Waals surface area contributed by atoms with Crippen LogP contribution in [-0.4, -0.2) is 30.3 Å². The summed E-state index contributed by atoms with van der Waals surface area (Å²) >= 11 is 0. The molecule has 1 rings (SSSR count). The molecular weight excluding hydrogens is 150 g/mol. The summed E-state index contributed by atoms with van der Waals surface area (Å²) in [6.07, 6.45) is 0.998. The number of benzene rings is 1. The zero-order valence-corrected chi connectivity index (χ0v) is 7.40. The molecule has 0 radical (unpaired) electrons. The van der Waals surface area contributed by atoms with Crippen LogP contribution in [0.5, 0.6) is 0 Å². The fourth-order valence-electron chi connectivity index (χ4n) is 1.04. The Bertz CT molecular complexity index is 210. The second-order valence-corrected chi connectivity index (χ2v) is 2.96. The van der Waals surface area contributed by atoms with E-state index in [1.54, 1.807) is 0 Å². The molecule has 0 saturated carbocycles. The molecule has 0 atom stereocenters. The van der Waals surface area contributed by atoms with Crippen LogP contribution in [0.25, 0.3) is 0 Å². The Kier molecular flexibility index (Phi) is 3.77. The molecule has 0 aliphatic carbocycles. The molecule has 0 amide bonds. The van der Waals surface area contributed by atoms with E-state index in [0.717, 1.165) is 13.0 Å². The zero-order chi connectivity index (χ0) is 8.81. The molecule has 0 aromatic heterocycles. The molecule has 0 aliphatic rings. The van der Waals surface area contributed by atoms with Crippen LogP contribution in [0, 0.1) is 0 Å². The first-order valence-corrected chi connectivity index (χ1v) is 4.16. The van der Waals surface area contributed by atoms with Gasteiger partial charge in [-0.2, -0.15) is 0 Å². The summed E-state index contributed by atoms with van der Waals surface area (Å²) in [6.45, 7) is 1.04. The average molecular weight is 165 g/mol. The minimum atomic E-state index is 0.132. The van der Waals surface area contributed by atoms with Crippen LogP contribution in [-0.2, 0) is 6.42 Å². The fraction of sp³-hybridized carbons (Fsp3) is 0.400. The van der Waals surface area contributed by atoms with Crippen molar-refractivity contribution in [3.05, 3.63) is 35.9 Å². The highest BCUT2D eigenvalue weighted by Gasteiger charge is 1.95. The molecule has 0 bridgehead atoms. The van der Waals surface area contributed by atoms with E-state index in [9.17, 15) is 0 Å². The number of aliphatic hydroxyl groups excluding tert-OH is 1. The van der Waals surface area contributed by atoms with Gasteiger partial charge in [-0.3, -0.25) is 4.90 Å². The van der Waals surface area contributed by atoms with E-state index in [2.05, 4.69) is 12.1 Å². The largest absolute Gasteiger partial charge is 0.381 e. The number of rotatable bonds is 4. The lowest BCUT2D eigenvalue weighted by atomic mass is 10.1. The first-order valence-electron chi connectivity index (χ1n) is 4.16. The van der Waals surface area contributed by atoms with Gasteiger partial charge in [0.05, 0.1) is 6.73 Å². The highest BCUT2D eigenvalue weighted by Crippen LogP contribution is 1.99. The molecule has 1 aromatic rings.